The Bertz CT molecular complexity index is 763. The van der Waals surface area contributed by atoms with Gasteiger partial charge in [0.05, 0.1) is 6.10 Å². The van der Waals surface area contributed by atoms with Gasteiger partial charge in [0, 0.05) is 37.0 Å². The van der Waals surface area contributed by atoms with Crippen LogP contribution in [0.1, 0.15) is 38.7 Å². The monoisotopic (exact) mass is 399 g/mol. The first kappa shape index (κ1) is 21.7. The average Bonchev–Trinajstić information content (AvgIpc) is 2.99. The third-order valence-corrected chi connectivity index (χ3v) is 5.48. The number of aliphatic hydroxyl groups is 2. The lowest BCUT2D eigenvalue weighted by molar-refractivity contribution is 0.0715. The van der Waals surface area contributed by atoms with Crippen LogP contribution in [0.2, 0.25) is 0 Å². The van der Waals surface area contributed by atoms with Crippen molar-refractivity contribution in [1.82, 2.24) is 15.3 Å². The van der Waals surface area contributed by atoms with E-state index in [2.05, 4.69) is 36.1 Å². The van der Waals surface area contributed by atoms with Gasteiger partial charge in [0.2, 0.25) is 0 Å². The Labute approximate surface area is 173 Å². The minimum atomic E-state index is -0.495. The molecule has 0 radical (unpaired) electrons. The lowest BCUT2D eigenvalue weighted by Crippen LogP contribution is -2.40. The van der Waals surface area contributed by atoms with Crippen LogP contribution in [0.15, 0.2) is 42.6 Å². The molecule has 0 amide bonds. The highest BCUT2D eigenvalue weighted by atomic mass is 16.5. The molecule has 0 bridgehead atoms. The van der Waals surface area contributed by atoms with E-state index in [1.54, 1.807) is 6.20 Å². The van der Waals surface area contributed by atoms with E-state index in [-0.39, 0.29) is 29.9 Å². The van der Waals surface area contributed by atoms with Gasteiger partial charge in [-0.15, -0.1) is 0 Å². The molecule has 0 spiro atoms. The van der Waals surface area contributed by atoms with E-state index in [4.69, 9.17) is 4.74 Å². The molecular weight excluding hydrogens is 366 g/mol. The summed E-state index contributed by atoms with van der Waals surface area (Å²) in [7, 11) is 0. The Hall–Kier alpha value is -2.02. The van der Waals surface area contributed by atoms with Gasteiger partial charge in [-0.05, 0) is 42.4 Å². The van der Waals surface area contributed by atoms with Gasteiger partial charge in [0.25, 0.3) is 0 Å². The van der Waals surface area contributed by atoms with E-state index in [0.29, 0.717) is 25.3 Å². The first-order valence-corrected chi connectivity index (χ1v) is 10.4. The molecule has 3 N–H and O–H groups in total. The number of benzene rings is 1. The van der Waals surface area contributed by atoms with Crippen molar-refractivity contribution in [3.05, 3.63) is 54.1 Å². The summed E-state index contributed by atoms with van der Waals surface area (Å²) in [5, 5.41) is 23.9. The number of aromatic nitrogens is 2. The number of nitrogens with one attached hydrogen (secondary N) is 1. The van der Waals surface area contributed by atoms with Gasteiger partial charge in [0.1, 0.15) is 12.4 Å². The van der Waals surface area contributed by atoms with Gasteiger partial charge in [-0.2, -0.15) is 0 Å². The number of hydrogen-bond acceptors (Lipinski definition) is 6. The normalized spacial score (nSPS) is 24.6. The Morgan fingerprint density at radius 2 is 1.90 bits per heavy atom. The first-order valence-electron chi connectivity index (χ1n) is 10.4. The lowest BCUT2D eigenvalue weighted by Gasteiger charge is -2.28. The second kappa shape index (κ2) is 9.65. The largest absolute Gasteiger partial charge is 0.486 e. The first-order chi connectivity index (χ1) is 13.9. The fourth-order valence-electron chi connectivity index (χ4n) is 3.95. The maximum Gasteiger partial charge on any atom is 0.166 e. The summed E-state index contributed by atoms with van der Waals surface area (Å²) in [5.74, 6) is 1.39. The van der Waals surface area contributed by atoms with Gasteiger partial charge in [-0.3, -0.25) is 0 Å². The van der Waals surface area contributed by atoms with Crippen LogP contribution < -0.4 is 10.1 Å². The van der Waals surface area contributed by atoms with E-state index >= 15 is 0 Å². The molecule has 1 aliphatic rings. The standard InChI is InChI=1S/C23H33N3O3/c1-23(2,3)15-25-20-12-21(28)19(13-27)18(20)11-16-9-10-24-22(26-16)14-29-17-7-5-4-6-8-17/h4-10,18-21,25,27-28H,11-15H2,1-3H3. The van der Waals surface area contributed by atoms with Gasteiger partial charge >= 0.3 is 0 Å². The van der Waals surface area contributed by atoms with Crippen molar-refractivity contribution >= 4 is 0 Å². The van der Waals surface area contributed by atoms with Gasteiger partial charge in [0.15, 0.2) is 5.82 Å². The molecular formula is C23H33N3O3. The maximum absolute atomic E-state index is 10.4. The van der Waals surface area contributed by atoms with Crippen molar-refractivity contribution in [1.29, 1.82) is 0 Å². The second-order valence-electron chi connectivity index (χ2n) is 9.13. The Morgan fingerprint density at radius 1 is 1.14 bits per heavy atom. The third-order valence-electron chi connectivity index (χ3n) is 5.48. The summed E-state index contributed by atoms with van der Waals surface area (Å²) in [6, 6.07) is 11.7. The molecule has 4 unspecified atom stereocenters. The van der Waals surface area contributed by atoms with Crippen molar-refractivity contribution < 1.29 is 14.9 Å². The quantitative estimate of drug-likeness (QED) is 0.632. The molecule has 1 heterocycles. The lowest BCUT2D eigenvalue weighted by atomic mass is 9.88. The minimum Gasteiger partial charge on any atom is -0.486 e. The van der Waals surface area contributed by atoms with Crippen LogP contribution in [0, 0.1) is 17.3 Å². The second-order valence-corrected chi connectivity index (χ2v) is 9.13. The van der Waals surface area contributed by atoms with Crippen molar-refractivity contribution in [2.24, 2.45) is 17.3 Å². The molecule has 6 nitrogen and oxygen atoms in total. The minimum absolute atomic E-state index is 0.0193. The average molecular weight is 400 g/mol. The highest BCUT2D eigenvalue weighted by molar-refractivity contribution is 5.21. The highest BCUT2D eigenvalue weighted by Crippen LogP contribution is 2.35. The molecule has 158 valence electrons. The maximum atomic E-state index is 10.4. The summed E-state index contributed by atoms with van der Waals surface area (Å²) in [4.78, 5) is 8.98. The zero-order valence-electron chi connectivity index (χ0n) is 17.6. The van der Waals surface area contributed by atoms with Crippen molar-refractivity contribution in [2.45, 2.75) is 52.4 Å². The molecule has 1 fully saturated rings. The molecule has 0 aliphatic heterocycles. The number of hydrogen-bond donors (Lipinski definition) is 3. The Balaban J connectivity index is 1.67. The topological polar surface area (TPSA) is 87.5 Å². The van der Waals surface area contributed by atoms with Crippen LogP contribution in [0.3, 0.4) is 0 Å². The van der Waals surface area contributed by atoms with Crippen LogP contribution in [0.25, 0.3) is 0 Å². The fourth-order valence-corrected chi connectivity index (χ4v) is 3.95. The summed E-state index contributed by atoms with van der Waals surface area (Å²) >= 11 is 0. The molecule has 1 aliphatic carbocycles. The van der Waals surface area contributed by atoms with Crippen LogP contribution in [0.4, 0.5) is 0 Å². The van der Waals surface area contributed by atoms with Crippen LogP contribution in [-0.4, -0.2) is 45.5 Å². The molecule has 1 saturated carbocycles. The van der Waals surface area contributed by atoms with Gasteiger partial charge in [-0.25, -0.2) is 9.97 Å². The molecule has 2 aromatic rings. The predicted molar refractivity (Wildman–Crippen MR) is 112 cm³/mol. The molecule has 3 rings (SSSR count). The van der Waals surface area contributed by atoms with Gasteiger partial charge < -0.3 is 20.3 Å². The van der Waals surface area contributed by atoms with Crippen molar-refractivity contribution in [3.63, 3.8) is 0 Å². The molecule has 1 aromatic carbocycles. The Kier molecular flexibility index (Phi) is 7.22. The zero-order valence-corrected chi connectivity index (χ0v) is 17.6. The van der Waals surface area contributed by atoms with Crippen LogP contribution >= 0.6 is 0 Å². The fraction of sp³-hybridized carbons (Fsp3) is 0.565. The van der Waals surface area contributed by atoms with Gasteiger partial charge in [-0.1, -0.05) is 39.0 Å². The molecule has 0 saturated heterocycles. The van der Waals surface area contributed by atoms with Crippen molar-refractivity contribution in [3.8, 4) is 5.75 Å². The number of nitrogens with zero attached hydrogens (tertiary/aromatic N) is 2. The Morgan fingerprint density at radius 3 is 2.59 bits per heavy atom. The molecule has 4 atom stereocenters. The third kappa shape index (κ3) is 6.23. The van der Waals surface area contributed by atoms with E-state index < -0.39 is 6.10 Å². The number of ether oxygens (including phenoxy) is 1. The van der Waals surface area contributed by atoms with E-state index in [9.17, 15) is 10.2 Å². The SMILES string of the molecule is CC(C)(C)CNC1CC(O)C(CO)C1Cc1ccnc(COc2ccccc2)n1. The summed E-state index contributed by atoms with van der Waals surface area (Å²) < 4.78 is 5.76. The number of para-hydroxylation sites is 1. The van der Waals surface area contributed by atoms with Crippen LogP contribution in [0.5, 0.6) is 5.75 Å². The highest BCUT2D eigenvalue weighted by Gasteiger charge is 2.42. The van der Waals surface area contributed by atoms with Crippen molar-refractivity contribution in [2.75, 3.05) is 13.2 Å². The smallest absolute Gasteiger partial charge is 0.166 e. The van der Waals surface area contributed by atoms with E-state index in [0.717, 1.165) is 18.0 Å². The summed E-state index contributed by atoms with van der Waals surface area (Å²) in [5.41, 5.74) is 1.07. The zero-order chi connectivity index (χ0) is 20.9. The molecule has 29 heavy (non-hydrogen) atoms. The predicted octanol–water partition coefficient (Wildman–Crippen LogP) is 2.59. The number of aliphatic hydroxyl groups excluding tert-OH is 2. The summed E-state index contributed by atoms with van der Waals surface area (Å²) in [6.45, 7) is 7.71. The van der Waals surface area contributed by atoms with Crippen LogP contribution in [-0.2, 0) is 13.0 Å². The number of rotatable bonds is 8. The molecule has 1 aromatic heterocycles. The van der Waals surface area contributed by atoms with E-state index in [1.807, 2.05) is 36.4 Å². The van der Waals surface area contributed by atoms with E-state index in [1.165, 1.54) is 0 Å². The summed E-state index contributed by atoms with van der Waals surface area (Å²) in [6.07, 6.45) is 2.60. The molecule has 6 heteroatoms.